The van der Waals surface area contributed by atoms with Gasteiger partial charge in [0.05, 0.1) is 13.2 Å². The van der Waals surface area contributed by atoms with Crippen molar-refractivity contribution >= 4 is 11.8 Å². The molecule has 0 bridgehead atoms. The lowest BCUT2D eigenvalue weighted by Crippen LogP contribution is -2.43. The third kappa shape index (κ3) is 9.53. The summed E-state index contributed by atoms with van der Waals surface area (Å²) in [7, 11) is 4.03. The lowest BCUT2D eigenvalue weighted by atomic mass is 10.3. The van der Waals surface area contributed by atoms with Crippen LogP contribution in [0.4, 0.5) is 0 Å². The molecule has 7 heteroatoms. The first-order valence-corrected chi connectivity index (χ1v) is 8.46. The number of hydrogen-bond acceptors (Lipinski definition) is 5. The lowest BCUT2D eigenvalue weighted by Gasteiger charge is -2.29. The van der Waals surface area contributed by atoms with Gasteiger partial charge in [-0.2, -0.15) is 0 Å². The van der Waals surface area contributed by atoms with Crippen LogP contribution in [0.1, 0.15) is 19.8 Å². The van der Waals surface area contributed by atoms with Crippen LogP contribution in [0.25, 0.3) is 0 Å². The van der Waals surface area contributed by atoms with E-state index in [1.807, 2.05) is 14.1 Å². The van der Waals surface area contributed by atoms with Crippen LogP contribution in [0.2, 0.25) is 0 Å². The van der Waals surface area contributed by atoms with Crippen LogP contribution in [0.15, 0.2) is 0 Å². The quantitative estimate of drug-likeness (QED) is 0.554. The molecule has 1 aliphatic rings. The summed E-state index contributed by atoms with van der Waals surface area (Å²) >= 11 is 0. The molecule has 2 amide bonds. The van der Waals surface area contributed by atoms with Gasteiger partial charge in [0.1, 0.15) is 0 Å². The molecule has 0 spiro atoms. The molecule has 0 saturated carbocycles. The van der Waals surface area contributed by atoms with Gasteiger partial charge in [-0.05, 0) is 27.1 Å². The van der Waals surface area contributed by atoms with Crippen molar-refractivity contribution in [1.82, 2.24) is 20.0 Å². The van der Waals surface area contributed by atoms with E-state index in [2.05, 4.69) is 15.1 Å². The van der Waals surface area contributed by atoms with Crippen molar-refractivity contribution in [2.75, 3.05) is 73.1 Å². The Morgan fingerprint density at radius 2 is 1.83 bits per heavy atom. The summed E-state index contributed by atoms with van der Waals surface area (Å²) in [4.78, 5) is 29.7. The molecular formula is C16H32N4O3. The Labute approximate surface area is 139 Å². The van der Waals surface area contributed by atoms with Crippen LogP contribution in [0.5, 0.6) is 0 Å². The van der Waals surface area contributed by atoms with Gasteiger partial charge in [0.15, 0.2) is 0 Å². The van der Waals surface area contributed by atoms with E-state index < -0.39 is 0 Å². The maximum Gasteiger partial charge on any atom is 0.221 e. The molecule has 1 saturated heterocycles. The molecule has 7 nitrogen and oxygen atoms in total. The third-order valence-corrected chi connectivity index (χ3v) is 3.95. The standard InChI is InChI=1S/C16H32N4O3/c1-15(21)20(10-9-19-11-13-23-14-12-19)8-5-16(22)17-6-4-7-18(2)3/h4-14H2,1-3H3,(H,17,22). The van der Waals surface area contributed by atoms with E-state index >= 15 is 0 Å². The predicted molar refractivity (Wildman–Crippen MR) is 90.3 cm³/mol. The number of carbonyl (C=O) groups is 2. The molecule has 1 N–H and O–H groups in total. The summed E-state index contributed by atoms with van der Waals surface area (Å²) in [6.07, 6.45) is 1.30. The van der Waals surface area contributed by atoms with E-state index in [1.54, 1.807) is 11.8 Å². The highest BCUT2D eigenvalue weighted by Gasteiger charge is 2.15. The van der Waals surface area contributed by atoms with Gasteiger partial charge in [0.2, 0.25) is 11.8 Å². The molecular weight excluding hydrogens is 296 g/mol. The first-order chi connectivity index (χ1) is 11.0. The molecule has 23 heavy (non-hydrogen) atoms. The lowest BCUT2D eigenvalue weighted by molar-refractivity contribution is -0.130. The Morgan fingerprint density at radius 1 is 1.13 bits per heavy atom. The van der Waals surface area contributed by atoms with Crippen LogP contribution in [-0.2, 0) is 14.3 Å². The van der Waals surface area contributed by atoms with Crippen molar-refractivity contribution < 1.29 is 14.3 Å². The Balaban J connectivity index is 2.18. The maximum atomic E-state index is 11.8. The maximum absolute atomic E-state index is 11.8. The highest BCUT2D eigenvalue weighted by Crippen LogP contribution is 1.99. The van der Waals surface area contributed by atoms with Gasteiger partial charge in [-0.1, -0.05) is 0 Å². The fourth-order valence-electron chi connectivity index (χ4n) is 2.46. The summed E-state index contributed by atoms with van der Waals surface area (Å²) in [5, 5.41) is 2.91. The predicted octanol–water partition coefficient (Wildman–Crippen LogP) is -0.375. The van der Waals surface area contributed by atoms with Crippen molar-refractivity contribution in [3.05, 3.63) is 0 Å². The second kappa shape index (κ2) is 11.4. The molecule has 0 aromatic heterocycles. The summed E-state index contributed by atoms with van der Waals surface area (Å²) in [5.41, 5.74) is 0. The monoisotopic (exact) mass is 328 g/mol. The molecule has 0 aromatic carbocycles. The second-order valence-electron chi connectivity index (χ2n) is 6.22. The number of nitrogens with one attached hydrogen (secondary N) is 1. The van der Waals surface area contributed by atoms with E-state index in [4.69, 9.17) is 4.74 Å². The fraction of sp³-hybridized carbons (Fsp3) is 0.875. The minimum atomic E-state index is 0.0152. The van der Waals surface area contributed by atoms with E-state index in [0.717, 1.165) is 45.8 Å². The summed E-state index contributed by atoms with van der Waals surface area (Å²) in [6.45, 7) is 8.55. The number of rotatable bonds is 10. The van der Waals surface area contributed by atoms with Crippen LogP contribution in [0.3, 0.4) is 0 Å². The molecule has 0 aromatic rings. The molecule has 1 aliphatic heterocycles. The zero-order valence-electron chi connectivity index (χ0n) is 14.8. The molecule has 1 rings (SSSR count). The average Bonchev–Trinajstić information content (AvgIpc) is 2.52. The van der Waals surface area contributed by atoms with Crippen molar-refractivity contribution in [2.24, 2.45) is 0 Å². The smallest absolute Gasteiger partial charge is 0.221 e. The van der Waals surface area contributed by atoms with Gasteiger partial charge in [0, 0.05) is 52.6 Å². The van der Waals surface area contributed by atoms with Crippen LogP contribution in [0, 0.1) is 0 Å². The van der Waals surface area contributed by atoms with Crippen molar-refractivity contribution in [1.29, 1.82) is 0 Å². The molecule has 1 heterocycles. The largest absolute Gasteiger partial charge is 0.379 e. The minimum absolute atomic E-state index is 0.0152. The molecule has 0 aliphatic carbocycles. The Hall–Kier alpha value is -1.18. The SMILES string of the molecule is CC(=O)N(CCC(=O)NCCCN(C)C)CCN1CCOCC1. The minimum Gasteiger partial charge on any atom is -0.379 e. The zero-order valence-corrected chi connectivity index (χ0v) is 14.8. The summed E-state index contributed by atoms with van der Waals surface area (Å²) < 4.78 is 5.32. The van der Waals surface area contributed by atoms with Gasteiger partial charge >= 0.3 is 0 Å². The number of hydrogen-bond donors (Lipinski definition) is 1. The number of amides is 2. The van der Waals surface area contributed by atoms with Crippen molar-refractivity contribution in [3.63, 3.8) is 0 Å². The van der Waals surface area contributed by atoms with Gasteiger partial charge in [-0.3, -0.25) is 14.5 Å². The summed E-state index contributed by atoms with van der Waals surface area (Å²) in [5.74, 6) is 0.0417. The highest BCUT2D eigenvalue weighted by molar-refractivity contribution is 5.77. The van der Waals surface area contributed by atoms with Gasteiger partial charge in [0.25, 0.3) is 0 Å². The van der Waals surface area contributed by atoms with E-state index in [0.29, 0.717) is 26.1 Å². The van der Waals surface area contributed by atoms with Crippen LogP contribution in [-0.4, -0.2) is 99.6 Å². The number of morpholine rings is 1. The van der Waals surface area contributed by atoms with E-state index in [9.17, 15) is 9.59 Å². The number of ether oxygens (including phenoxy) is 1. The average molecular weight is 328 g/mol. The van der Waals surface area contributed by atoms with Crippen molar-refractivity contribution in [3.8, 4) is 0 Å². The number of nitrogens with zero attached hydrogens (tertiary/aromatic N) is 3. The van der Waals surface area contributed by atoms with Gasteiger partial charge in [-0.25, -0.2) is 0 Å². The highest BCUT2D eigenvalue weighted by atomic mass is 16.5. The molecule has 134 valence electrons. The van der Waals surface area contributed by atoms with E-state index in [1.165, 1.54) is 0 Å². The molecule has 1 fully saturated rings. The normalized spacial score (nSPS) is 15.7. The topological polar surface area (TPSA) is 65.1 Å². The van der Waals surface area contributed by atoms with Crippen LogP contribution >= 0.6 is 0 Å². The Morgan fingerprint density at radius 3 is 2.43 bits per heavy atom. The first kappa shape index (κ1) is 19.9. The first-order valence-electron chi connectivity index (χ1n) is 8.46. The second-order valence-corrected chi connectivity index (χ2v) is 6.22. The fourth-order valence-corrected chi connectivity index (χ4v) is 2.46. The molecule has 0 unspecified atom stereocenters. The number of carbonyl (C=O) groups excluding carboxylic acids is 2. The third-order valence-electron chi connectivity index (χ3n) is 3.95. The Bertz CT molecular complexity index is 357. The summed E-state index contributed by atoms with van der Waals surface area (Å²) in [6, 6.07) is 0. The van der Waals surface area contributed by atoms with Gasteiger partial charge in [-0.15, -0.1) is 0 Å². The van der Waals surface area contributed by atoms with Crippen molar-refractivity contribution in [2.45, 2.75) is 19.8 Å². The molecule has 0 atom stereocenters. The zero-order chi connectivity index (χ0) is 17.1. The van der Waals surface area contributed by atoms with Gasteiger partial charge < -0.3 is 19.9 Å². The molecule has 0 radical (unpaired) electrons. The Kier molecular flexibility index (Phi) is 9.82. The van der Waals surface area contributed by atoms with E-state index in [-0.39, 0.29) is 11.8 Å². The van der Waals surface area contributed by atoms with Crippen LogP contribution < -0.4 is 5.32 Å².